The summed E-state index contributed by atoms with van der Waals surface area (Å²) in [5, 5.41) is 3.24. The lowest BCUT2D eigenvalue weighted by atomic mass is 10.2. The molecule has 150 valence electrons. The van der Waals surface area contributed by atoms with E-state index in [1.54, 1.807) is 0 Å². The summed E-state index contributed by atoms with van der Waals surface area (Å²) in [6.07, 6.45) is 1.14. The second-order valence-electron chi connectivity index (χ2n) is 6.68. The van der Waals surface area contributed by atoms with E-state index in [4.69, 9.17) is 16.3 Å². The number of carbonyl (C=O) groups excluding carboxylic acids is 1. The van der Waals surface area contributed by atoms with Gasteiger partial charge in [-0.3, -0.25) is 4.79 Å². The smallest absolute Gasteiger partial charge is 0.243 e. The molecule has 0 unspecified atom stereocenters. The molecule has 3 rings (SSSR count). The molecule has 1 fully saturated rings. The maximum Gasteiger partial charge on any atom is 0.243 e. The molecule has 0 bridgehead atoms. The van der Waals surface area contributed by atoms with Crippen molar-refractivity contribution in [2.45, 2.75) is 30.7 Å². The molecule has 2 aromatic rings. The van der Waals surface area contributed by atoms with Gasteiger partial charge in [0.15, 0.2) is 0 Å². The largest absolute Gasteiger partial charge is 0.492 e. The molecule has 2 aromatic carbocycles. The number of nitrogens with zero attached hydrogens (tertiary/aromatic N) is 1. The highest BCUT2D eigenvalue weighted by molar-refractivity contribution is 7.89. The molecule has 8 heteroatoms. The average Bonchev–Trinajstić information content (AvgIpc) is 3.18. The van der Waals surface area contributed by atoms with Crippen molar-refractivity contribution in [3.8, 4) is 5.75 Å². The fraction of sp³-hybridized carbons (Fsp3) is 0.350. The molecule has 1 saturated heterocycles. The molecule has 1 aliphatic heterocycles. The Morgan fingerprint density at radius 1 is 1.18 bits per heavy atom. The highest BCUT2D eigenvalue weighted by atomic mass is 35.5. The number of carbonyl (C=O) groups is 1. The Bertz CT molecular complexity index is 914. The van der Waals surface area contributed by atoms with Crippen LogP contribution in [0.2, 0.25) is 5.02 Å². The van der Waals surface area contributed by atoms with Gasteiger partial charge in [-0.25, -0.2) is 8.42 Å². The van der Waals surface area contributed by atoms with E-state index in [1.807, 2.05) is 31.2 Å². The maximum absolute atomic E-state index is 12.9. The molecule has 1 aliphatic rings. The summed E-state index contributed by atoms with van der Waals surface area (Å²) in [6.45, 7) is 2.93. The summed E-state index contributed by atoms with van der Waals surface area (Å²) in [5.41, 5.74) is 1.14. The quantitative estimate of drug-likeness (QED) is 0.696. The zero-order chi connectivity index (χ0) is 20.1. The first-order valence-electron chi connectivity index (χ1n) is 9.12. The first-order valence-corrected chi connectivity index (χ1v) is 10.9. The molecule has 1 N–H and O–H groups in total. The molecule has 0 aliphatic carbocycles. The van der Waals surface area contributed by atoms with Gasteiger partial charge >= 0.3 is 0 Å². The molecule has 0 spiro atoms. The van der Waals surface area contributed by atoms with Crippen molar-refractivity contribution < 1.29 is 17.9 Å². The zero-order valence-corrected chi connectivity index (χ0v) is 17.2. The van der Waals surface area contributed by atoms with Gasteiger partial charge in [0.25, 0.3) is 0 Å². The summed E-state index contributed by atoms with van der Waals surface area (Å²) < 4.78 is 32.6. The third-order valence-corrected chi connectivity index (χ3v) is 6.79. The lowest BCUT2D eigenvalue weighted by molar-refractivity contribution is -0.124. The first kappa shape index (κ1) is 20.6. The Balaban J connectivity index is 1.56. The molecule has 1 amide bonds. The summed E-state index contributed by atoms with van der Waals surface area (Å²) in [5.74, 6) is 0.426. The fourth-order valence-corrected chi connectivity index (χ4v) is 4.91. The Morgan fingerprint density at radius 2 is 1.86 bits per heavy atom. The van der Waals surface area contributed by atoms with Crippen LogP contribution in [0.4, 0.5) is 0 Å². The lowest BCUT2D eigenvalue weighted by Gasteiger charge is -2.23. The van der Waals surface area contributed by atoms with Crippen LogP contribution in [0.3, 0.4) is 0 Å². The van der Waals surface area contributed by atoms with Gasteiger partial charge in [-0.15, -0.1) is 0 Å². The monoisotopic (exact) mass is 422 g/mol. The number of aryl methyl sites for hydroxylation is 1. The predicted molar refractivity (Wildman–Crippen MR) is 108 cm³/mol. The van der Waals surface area contributed by atoms with Crippen LogP contribution in [0.15, 0.2) is 53.4 Å². The lowest BCUT2D eigenvalue weighted by Crippen LogP contribution is -2.46. The number of ether oxygens (including phenoxy) is 1. The van der Waals surface area contributed by atoms with Crippen molar-refractivity contribution in [3.63, 3.8) is 0 Å². The number of benzene rings is 2. The SMILES string of the molecule is Cc1ccc(OCCNC(=O)[C@H]2CCCN2S(=O)(=O)c2ccc(Cl)cc2)cc1. The Morgan fingerprint density at radius 3 is 2.54 bits per heavy atom. The van der Waals surface area contributed by atoms with E-state index in [2.05, 4.69) is 5.32 Å². The van der Waals surface area contributed by atoms with Crippen LogP contribution < -0.4 is 10.1 Å². The minimum atomic E-state index is -3.74. The van der Waals surface area contributed by atoms with Crippen LogP contribution in [-0.2, 0) is 14.8 Å². The first-order chi connectivity index (χ1) is 13.4. The number of hydrogen-bond donors (Lipinski definition) is 1. The van der Waals surface area contributed by atoms with Crippen LogP contribution in [0.1, 0.15) is 18.4 Å². The van der Waals surface area contributed by atoms with Crippen molar-refractivity contribution >= 4 is 27.5 Å². The van der Waals surface area contributed by atoms with Crippen LogP contribution in [0, 0.1) is 6.92 Å². The highest BCUT2D eigenvalue weighted by Gasteiger charge is 2.39. The summed E-state index contributed by atoms with van der Waals surface area (Å²) in [6, 6.07) is 12.9. The molecular formula is C20H23ClN2O4S. The van der Waals surface area contributed by atoms with Crippen LogP contribution in [0.5, 0.6) is 5.75 Å². The summed E-state index contributed by atoms with van der Waals surface area (Å²) in [4.78, 5) is 12.7. The molecule has 1 atom stereocenters. The molecule has 0 aromatic heterocycles. The second kappa shape index (κ2) is 8.94. The molecule has 0 saturated carbocycles. The number of nitrogens with one attached hydrogen (secondary N) is 1. The van der Waals surface area contributed by atoms with Gasteiger partial charge in [-0.2, -0.15) is 4.31 Å². The summed E-state index contributed by atoms with van der Waals surface area (Å²) >= 11 is 5.84. The van der Waals surface area contributed by atoms with E-state index in [0.29, 0.717) is 37.6 Å². The number of rotatable bonds is 7. The molecule has 6 nitrogen and oxygen atoms in total. The summed E-state index contributed by atoms with van der Waals surface area (Å²) in [7, 11) is -3.74. The number of hydrogen-bond acceptors (Lipinski definition) is 4. The van der Waals surface area contributed by atoms with Gasteiger partial charge in [0, 0.05) is 11.6 Å². The van der Waals surface area contributed by atoms with E-state index < -0.39 is 16.1 Å². The van der Waals surface area contributed by atoms with Gasteiger partial charge in [0.1, 0.15) is 18.4 Å². The number of amides is 1. The number of halogens is 1. The molecular weight excluding hydrogens is 400 g/mol. The number of sulfonamides is 1. The predicted octanol–water partition coefficient (Wildman–Crippen LogP) is 3.00. The van der Waals surface area contributed by atoms with E-state index in [0.717, 1.165) is 11.3 Å². The van der Waals surface area contributed by atoms with Gasteiger partial charge in [0.2, 0.25) is 15.9 Å². The van der Waals surface area contributed by atoms with Crippen molar-refractivity contribution in [3.05, 3.63) is 59.1 Å². The minimum absolute atomic E-state index is 0.138. The fourth-order valence-electron chi connectivity index (χ4n) is 3.13. The topological polar surface area (TPSA) is 75.7 Å². The molecule has 1 heterocycles. The van der Waals surface area contributed by atoms with Gasteiger partial charge in [-0.05, 0) is 56.2 Å². The van der Waals surface area contributed by atoms with Crippen LogP contribution in [-0.4, -0.2) is 44.4 Å². The average molecular weight is 423 g/mol. The van der Waals surface area contributed by atoms with Gasteiger partial charge in [0.05, 0.1) is 11.4 Å². The van der Waals surface area contributed by atoms with Crippen molar-refractivity contribution in [2.24, 2.45) is 0 Å². The van der Waals surface area contributed by atoms with E-state index >= 15 is 0 Å². The van der Waals surface area contributed by atoms with Crippen molar-refractivity contribution in [2.75, 3.05) is 19.7 Å². The molecule has 28 heavy (non-hydrogen) atoms. The zero-order valence-electron chi connectivity index (χ0n) is 15.6. The normalized spacial score (nSPS) is 17.4. The standard InChI is InChI=1S/C20H23ClN2O4S/c1-15-4-8-17(9-5-15)27-14-12-22-20(24)19-3-2-13-23(19)28(25,26)18-10-6-16(21)7-11-18/h4-11,19H,2-3,12-14H2,1H3,(H,22,24)/t19-/m1/s1. The molecule has 0 radical (unpaired) electrons. The highest BCUT2D eigenvalue weighted by Crippen LogP contribution is 2.27. The Kier molecular flexibility index (Phi) is 6.59. The maximum atomic E-state index is 12.9. The van der Waals surface area contributed by atoms with E-state index in [-0.39, 0.29) is 10.8 Å². The van der Waals surface area contributed by atoms with Gasteiger partial charge in [-0.1, -0.05) is 29.3 Å². The van der Waals surface area contributed by atoms with Crippen LogP contribution in [0.25, 0.3) is 0 Å². The minimum Gasteiger partial charge on any atom is -0.492 e. The van der Waals surface area contributed by atoms with Crippen molar-refractivity contribution in [1.29, 1.82) is 0 Å². The van der Waals surface area contributed by atoms with Crippen LogP contribution >= 0.6 is 11.6 Å². The third-order valence-electron chi connectivity index (χ3n) is 4.62. The van der Waals surface area contributed by atoms with Crippen molar-refractivity contribution in [1.82, 2.24) is 9.62 Å². The Hall–Kier alpha value is -2.09. The third kappa shape index (κ3) is 4.84. The van der Waals surface area contributed by atoms with Gasteiger partial charge < -0.3 is 10.1 Å². The van der Waals surface area contributed by atoms with E-state index in [1.165, 1.54) is 28.6 Å². The Labute approximate surface area is 170 Å². The van der Waals surface area contributed by atoms with E-state index in [9.17, 15) is 13.2 Å². The second-order valence-corrected chi connectivity index (χ2v) is 9.01.